The zero-order valence-corrected chi connectivity index (χ0v) is 14.1. The molecule has 2 aromatic rings. The molecule has 0 bridgehead atoms. The highest BCUT2D eigenvalue weighted by atomic mass is 16.5. The Labute approximate surface area is 136 Å². The van der Waals surface area contributed by atoms with E-state index < -0.39 is 0 Å². The van der Waals surface area contributed by atoms with Crippen LogP contribution in [0.1, 0.15) is 44.5 Å². The molecule has 0 aliphatic carbocycles. The molecule has 2 N–H and O–H groups in total. The van der Waals surface area contributed by atoms with Crippen molar-refractivity contribution in [3.8, 4) is 0 Å². The second kappa shape index (κ2) is 6.32. The Morgan fingerprint density at radius 1 is 1.48 bits per heavy atom. The van der Waals surface area contributed by atoms with Crippen LogP contribution in [-0.2, 0) is 16.0 Å². The number of aryl methyl sites for hydroxylation is 2. The zero-order valence-electron chi connectivity index (χ0n) is 14.1. The first-order chi connectivity index (χ1) is 10.9. The lowest BCUT2D eigenvalue weighted by Crippen LogP contribution is -2.33. The van der Waals surface area contributed by atoms with E-state index in [4.69, 9.17) is 4.74 Å². The summed E-state index contributed by atoms with van der Waals surface area (Å²) in [6.45, 7) is 6.83. The molecule has 0 spiro atoms. The van der Waals surface area contributed by atoms with Crippen molar-refractivity contribution in [3.63, 3.8) is 0 Å². The number of nitrogens with one attached hydrogen (secondary N) is 2. The Kier molecular flexibility index (Phi) is 4.39. The third kappa shape index (κ3) is 3.91. The van der Waals surface area contributed by atoms with Crippen molar-refractivity contribution in [1.29, 1.82) is 0 Å². The van der Waals surface area contributed by atoms with Gasteiger partial charge in [-0.15, -0.1) is 0 Å². The van der Waals surface area contributed by atoms with E-state index in [1.807, 2.05) is 25.1 Å². The van der Waals surface area contributed by atoms with Crippen molar-refractivity contribution in [1.82, 2.24) is 15.3 Å². The van der Waals surface area contributed by atoms with Crippen LogP contribution < -0.4 is 5.32 Å². The molecule has 1 saturated heterocycles. The maximum absolute atomic E-state index is 12.0. The number of benzene rings is 1. The Bertz CT molecular complexity index is 705. The van der Waals surface area contributed by atoms with Crippen LogP contribution >= 0.6 is 0 Å². The molecule has 1 aliphatic rings. The third-order valence-electron chi connectivity index (χ3n) is 4.43. The summed E-state index contributed by atoms with van der Waals surface area (Å²) in [5, 5.41) is 2.97. The fourth-order valence-corrected chi connectivity index (χ4v) is 3.11. The van der Waals surface area contributed by atoms with E-state index in [1.165, 1.54) is 0 Å². The summed E-state index contributed by atoms with van der Waals surface area (Å²) in [7, 11) is 0. The lowest BCUT2D eigenvalue weighted by atomic mass is 10.1. The summed E-state index contributed by atoms with van der Waals surface area (Å²) in [4.78, 5) is 19.9. The minimum Gasteiger partial charge on any atom is -0.371 e. The van der Waals surface area contributed by atoms with Crippen LogP contribution in [0, 0.1) is 6.92 Å². The van der Waals surface area contributed by atoms with Crippen LogP contribution in [0.5, 0.6) is 0 Å². The lowest BCUT2D eigenvalue weighted by Gasteiger charge is -2.19. The summed E-state index contributed by atoms with van der Waals surface area (Å²) in [5.41, 5.74) is 3.11. The van der Waals surface area contributed by atoms with Gasteiger partial charge in [-0.3, -0.25) is 4.79 Å². The SMILES string of the molecule is Cc1cccc2[nH]c(CCC(=O)NCC3CCC(C)(C)O3)nc12. The van der Waals surface area contributed by atoms with Gasteiger partial charge in [-0.2, -0.15) is 0 Å². The van der Waals surface area contributed by atoms with Crippen LogP contribution in [0.25, 0.3) is 11.0 Å². The number of aromatic amines is 1. The first kappa shape index (κ1) is 16.0. The zero-order chi connectivity index (χ0) is 16.4. The summed E-state index contributed by atoms with van der Waals surface area (Å²) in [5.74, 6) is 0.915. The van der Waals surface area contributed by atoms with Crippen LogP contribution in [0.4, 0.5) is 0 Å². The van der Waals surface area contributed by atoms with Gasteiger partial charge < -0.3 is 15.0 Å². The van der Waals surface area contributed by atoms with E-state index in [1.54, 1.807) is 0 Å². The van der Waals surface area contributed by atoms with E-state index in [0.717, 1.165) is 35.3 Å². The fraction of sp³-hybridized carbons (Fsp3) is 0.556. The number of hydrogen-bond acceptors (Lipinski definition) is 3. The largest absolute Gasteiger partial charge is 0.371 e. The number of H-pyrrole nitrogens is 1. The van der Waals surface area contributed by atoms with Crippen molar-refractivity contribution in [2.45, 2.75) is 58.2 Å². The monoisotopic (exact) mass is 315 g/mol. The summed E-state index contributed by atoms with van der Waals surface area (Å²) in [6.07, 6.45) is 3.26. The molecule has 1 aromatic carbocycles. The molecule has 0 saturated carbocycles. The number of fused-ring (bicyclic) bond motifs is 1. The Morgan fingerprint density at radius 2 is 2.30 bits per heavy atom. The smallest absolute Gasteiger partial charge is 0.220 e. The number of imidazole rings is 1. The molecule has 3 rings (SSSR count). The maximum atomic E-state index is 12.0. The number of carbonyl (C=O) groups excluding carboxylic acids is 1. The van der Waals surface area contributed by atoms with Crippen molar-refractivity contribution in [3.05, 3.63) is 29.6 Å². The standard InChI is InChI=1S/C18H25N3O2/c1-12-5-4-6-14-17(12)21-15(20-14)7-8-16(22)19-11-13-9-10-18(2,3)23-13/h4-6,13H,7-11H2,1-3H3,(H,19,22)(H,20,21). The van der Waals surface area contributed by atoms with Gasteiger partial charge >= 0.3 is 0 Å². The van der Waals surface area contributed by atoms with E-state index >= 15 is 0 Å². The van der Waals surface area contributed by atoms with E-state index in [-0.39, 0.29) is 17.6 Å². The Balaban J connectivity index is 1.48. The van der Waals surface area contributed by atoms with Crippen molar-refractivity contribution in [2.24, 2.45) is 0 Å². The van der Waals surface area contributed by atoms with Crippen LogP contribution in [0.3, 0.4) is 0 Å². The minimum atomic E-state index is -0.0540. The first-order valence-electron chi connectivity index (χ1n) is 8.32. The molecule has 1 atom stereocenters. The quantitative estimate of drug-likeness (QED) is 0.891. The normalized spacial score (nSPS) is 20.0. The molecule has 5 nitrogen and oxygen atoms in total. The highest BCUT2D eigenvalue weighted by Gasteiger charge is 2.31. The van der Waals surface area contributed by atoms with Crippen LogP contribution in [0.2, 0.25) is 0 Å². The second-order valence-corrected chi connectivity index (χ2v) is 7.00. The van der Waals surface area contributed by atoms with Gasteiger partial charge in [-0.05, 0) is 45.2 Å². The average Bonchev–Trinajstić information content (AvgIpc) is 3.07. The second-order valence-electron chi connectivity index (χ2n) is 7.00. The lowest BCUT2D eigenvalue weighted by molar-refractivity contribution is -0.122. The van der Waals surface area contributed by atoms with Gasteiger partial charge in [0.2, 0.25) is 5.91 Å². The molecule has 1 aliphatic heterocycles. The number of para-hydroxylation sites is 1. The molecule has 0 radical (unpaired) electrons. The van der Waals surface area contributed by atoms with Crippen molar-refractivity contribution in [2.75, 3.05) is 6.54 Å². The molecule has 2 heterocycles. The maximum Gasteiger partial charge on any atom is 0.220 e. The van der Waals surface area contributed by atoms with Gasteiger partial charge in [0, 0.05) is 19.4 Å². The highest BCUT2D eigenvalue weighted by molar-refractivity contribution is 5.79. The summed E-state index contributed by atoms with van der Waals surface area (Å²) < 4.78 is 5.88. The molecule has 1 unspecified atom stereocenters. The molecule has 124 valence electrons. The number of ether oxygens (including phenoxy) is 1. The number of hydrogen-bond donors (Lipinski definition) is 2. The highest BCUT2D eigenvalue weighted by Crippen LogP contribution is 2.28. The van der Waals surface area contributed by atoms with Gasteiger partial charge in [-0.1, -0.05) is 12.1 Å². The minimum absolute atomic E-state index is 0.0514. The predicted octanol–water partition coefficient (Wildman–Crippen LogP) is 2.88. The van der Waals surface area contributed by atoms with E-state index in [9.17, 15) is 4.79 Å². The van der Waals surface area contributed by atoms with Gasteiger partial charge in [-0.25, -0.2) is 4.98 Å². The third-order valence-corrected chi connectivity index (χ3v) is 4.43. The number of rotatable bonds is 5. The van der Waals surface area contributed by atoms with Crippen LogP contribution in [-0.4, -0.2) is 34.1 Å². The van der Waals surface area contributed by atoms with Gasteiger partial charge in [0.1, 0.15) is 5.82 Å². The number of amides is 1. The molecular weight excluding hydrogens is 290 g/mol. The van der Waals surface area contributed by atoms with Crippen molar-refractivity contribution >= 4 is 16.9 Å². The topological polar surface area (TPSA) is 67.0 Å². The van der Waals surface area contributed by atoms with Gasteiger partial charge in [0.15, 0.2) is 0 Å². The molecular formula is C18H25N3O2. The average molecular weight is 315 g/mol. The molecule has 1 amide bonds. The molecule has 5 heteroatoms. The Morgan fingerprint density at radius 3 is 3.00 bits per heavy atom. The Hall–Kier alpha value is -1.88. The first-order valence-corrected chi connectivity index (χ1v) is 8.32. The fourth-order valence-electron chi connectivity index (χ4n) is 3.11. The molecule has 1 aromatic heterocycles. The molecule has 23 heavy (non-hydrogen) atoms. The summed E-state index contributed by atoms with van der Waals surface area (Å²) in [6, 6.07) is 6.07. The number of aromatic nitrogens is 2. The summed E-state index contributed by atoms with van der Waals surface area (Å²) >= 11 is 0. The number of nitrogens with zero attached hydrogens (tertiary/aromatic N) is 1. The van der Waals surface area contributed by atoms with E-state index in [2.05, 4.69) is 29.1 Å². The van der Waals surface area contributed by atoms with E-state index in [0.29, 0.717) is 19.4 Å². The van der Waals surface area contributed by atoms with Gasteiger partial charge in [0.25, 0.3) is 0 Å². The number of carbonyl (C=O) groups is 1. The van der Waals surface area contributed by atoms with Crippen molar-refractivity contribution < 1.29 is 9.53 Å². The molecule has 1 fully saturated rings. The van der Waals surface area contributed by atoms with Gasteiger partial charge in [0.05, 0.1) is 22.7 Å². The van der Waals surface area contributed by atoms with Crippen LogP contribution in [0.15, 0.2) is 18.2 Å². The predicted molar refractivity (Wildman–Crippen MR) is 90.3 cm³/mol.